The Hall–Kier alpha value is -1.48. The fourth-order valence-corrected chi connectivity index (χ4v) is 5.28. The number of rotatable bonds is 14. The van der Waals surface area contributed by atoms with Crippen molar-refractivity contribution in [2.75, 3.05) is 27.4 Å². The van der Waals surface area contributed by atoms with Crippen LogP contribution in [0, 0.1) is 11.8 Å². The molecule has 0 unspecified atom stereocenters. The molecule has 0 aromatic rings. The summed E-state index contributed by atoms with van der Waals surface area (Å²) in [6.07, 6.45) is 0.879. The molecule has 176 valence electrons. The molecule has 1 amide bonds. The Morgan fingerprint density at radius 1 is 0.933 bits per heavy atom. The van der Waals surface area contributed by atoms with Gasteiger partial charge in [-0.25, -0.2) is 15.2 Å². The van der Waals surface area contributed by atoms with Crippen molar-refractivity contribution in [1.82, 2.24) is 15.2 Å². The van der Waals surface area contributed by atoms with E-state index in [1.807, 2.05) is 27.7 Å². The minimum Gasteiger partial charge on any atom is -0.468 e. The second kappa shape index (κ2) is 13.7. The number of amides is 1. The smallest absolute Gasteiger partial charge is 0.323 e. The largest absolute Gasteiger partial charge is 0.468 e. The topological polar surface area (TPSA) is 134 Å². The molecule has 0 saturated heterocycles. The summed E-state index contributed by atoms with van der Waals surface area (Å²) >= 11 is 0. The van der Waals surface area contributed by atoms with Crippen molar-refractivity contribution in [2.24, 2.45) is 11.8 Å². The number of carbonyl (C=O) groups is 3. The lowest BCUT2D eigenvalue weighted by molar-refractivity contribution is -0.159. The molecule has 0 aliphatic heterocycles. The van der Waals surface area contributed by atoms with Gasteiger partial charge < -0.3 is 9.47 Å². The summed E-state index contributed by atoms with van der Waals surface area (Å²) in [5.41, 5.74) is 0. The van der Waals surface area contributed by atoms with Crippen LogP contribution in [-0.4, -0.2) is 67.6 Å². The van der Waals surface area contributed by atoms with E-state index in [9.17, 15) is 24.2 Å². The lowest BCUT2D eigenvalue weighted by atomic mass is 10.1. The molecule has 0 aliphatic rings. The molecule has 0 radical (unpaired) electrons. The Bertz CT molecular complexity index is 575. The molecule has 0 bridgehead atoms. The second-order valence-corrected chi connectivity index (χ2v) is 10.6. The van der Waals surface area contributed by atoms with Crippen LogP contribution in [0.5, 0.6) is 0 Å². The standard InChI is InChI=1S/C19H38N3O7P/c1-13(2)11-15(18(24)28-6)20-30(27,10-8-9-17(23)22(5)26)21-16(12-14(3)4)19(25)29-7/h13-16,26H,8-12H2,1-7H3,(H2,20,21,27)/t15-,16-/m0/s1. The lowest BCUT2D eigenvalue weighted by Crippen LogP contribution is -2.45. The van der Waals surface area contributed by atoms with Crippen molar-refractivity contribution in [1.29, 1.82) is 0 Å². The second-order valence-electron chi connectivity index (χ2n) is 8.15. The average molecular weight is 452 g/mol. The highest BCUT2D eigenvalue weighted by Crippen LogP contribution is 2.40. The number of hydrogen-bond donors (Lipinski definition) is 3. The lowest BCUT2D eigenvalue weighted by Gasteiger charge is -2.30. The van der Waals surface area contributed by atoms with Crippen molar-refractivity contribution in [3.8, 4) is 0 Å². The van der Waals surface area contributed by atoms with E-state index < -0.39 is 37.4 Å². The van der Waals surface area contributed by atoms with Crippen molar-refractivity contribution >= 4 is 25.3 Å². The Morgan fingerprint density at radius 3 is 1.63 bits per heavy atom. The molecular formula is C19H38N3O7P. The first-order chi connectivity index (χ1) is 13.8. The molecule has 0 aromatic heterocycles. The minimum absolute atomic E-state index is 0.0102. The predicted octanol–water partition coefficient (Wildman–Crippen LogP) is 2.16. The fourth-order valence-electron chi connectivity index (χ4n) is 2.92. The Labute approximate surface area is 179 Å². The van der Waals surface area contributed by atoms with Crippen LogP contribution in [0.4, 0.5) is 0 Å². The molecule has 0 aromatic carbocycles. The minimum atomic E-state index is -3.52. The number of carbonyl (C=O) groups excluding carboxylic acids is 3. The van der Waals surface area contributed by atoms with Gasteiger partial charge in [0.25, 0.3) is 0 Å². The number of esters is 2. The van der Waals surface area contributed by atoms with Gasteiger partial charge in [-0.15, -0.1) is 0 Å². The van der Waals surface area contributed by atoms with Crippen LogP contribution in [0.2, 0.25) is 0 Å². The Morgan fingerprint density at radius 2 is 1.33 bits per heavy atom. The molecule has 11 heteroatoms. The zero-order valence-corrected chi connectivity index (χ0v) is 20.0. The van der Waals surface area contributed by atoms with Crippen molar-refractivity contribution in [3.63, 3.8) is 0 Å². The Balaban J connectivity index is 5.67. The molecule has 0 saturated carbocycles. The van der Waals surface area contributed by atoms with E-state index >= 15 is 0 Å². The predicted molar refractivity (Wildman–Crippen MR) is 113 cm³/mol. The number of nitrogens with one attached hydrogen (secondary N) is 2. The molecule has 2 atom stereocenters. The van der Waals surface area contributed by atoms with Crippen molar-refractivity contribution < 1.29 is 33.6 Å². The first-order valence-corrected chi connectivity index (χ1v) is 12.0. The van der Waals surface area contributed by atoms with Gasteiger partial charge in [-0.1, -0.05) is 27.7 Å². The van der Waals surface area contributed by atoms with Crippen LogP contribution in [0.15, 0.2) is 0 Å². The van der Waals surface area contributed by atoms with E-state index in [1.54, 1.807) is 0 Å². The highest BCUT2D eigenvalue weighted by Gasteiger charge is 2.35. The van der Waals surface area contributed by atoms with Gasteiger partial charge >= 0.3 is 11.9 Å². The van der Waals surface area contributed by atoms with Gasteiger partial charge in [0.15, 0.2) is 0 Å². The quantitative estimate of drug-likeness (QED) is 0.157. The van der Waals surface area contributed by atoms with Crippen LogP contribution < -0.4 is 10.2 Å². The van der Waals surface area contributed by atoms with E-state index in [-0.39, 0.29) is 30.8 Å². The zero-order valence-electron chi connectivity index (χ0n) is 19.1. The van der Waals surface area contributed by atoms with Gasteiger partial charge in [0.1, 0.15) is 12.1 Å². The van der Waals surface area contributed by atoms with Gasteiger partial charge in [0.05, 0.1) is 14.2 Å². The maximum atomic E-state index is 13.8. The fraction of sp³-hybridized carbons (Fsp3) is 0.842. The van der Waals surface area contributed by atoms with Crippen molar-refractivity contribution in [3.05, 3.63) is 0 Å². The first kappa shape index (κ1) is 28.5. The highest BCUT2D eigenvalue weighted by molar-refractivity contribution is 7.59. The van der Waals surface area contributed by atoms with Gasteiger partial charge in [-0.2, -0.15) is 0 Å². The third-order valence-electron chi connectivity index (χ3n) is 4.34. The van der Waals surface area contributed by atoms with E-state index in [1.165, 1.54) is 21.3 Å². The van der Waals surface area contributed by atoms with Gasteiger partial charge in [-0.3, -0.25) is 24.2 Å². The van der Waals surface area contributed by atoms with Gasteiger partial charge in [-0.05, 0) is 31.1 Å². The summed E-state index contributed by atoms with van der Waals surface area (Å²) < 4.78 is 23.4. The number of nitrogens with zero attached hydrogens (tertiary/aromatic N) is 1. The molecule has 0 spiro atoms. The molecule has 0 heterocycles. The monoisotopic (exact) mass is 451 g/mol. The van der Waals surface area contributed by atoms with Crippen LogP contribution in [0.25, 0.3) is 0 Å². The van der Waals surface area contributed by atoms with E-state index in [4.69, 9.17) is 9.47 Å². The Kier molecular flexibility index (Phi) is 13.1. The SMILES string of the molecule is COC(=O)[C@H](CC(C)C)NP(=O)(CCCC(=O)N(C)O)N[C@@H](CC(C)C)C(=O)OC. The number of hydrogen-bond acceptors (Lipinski definition) is 7. The van der Waals surface area contributed by atoms with Crippen LogP contribution in [0.1, 0.15) is 53.4 Å². The molecule has 0 rings (SSSR count). The summed E-state index contributed by atoms with van der Waals surface area (Å²) in [4.78, 5) is 36.1. The summed E-state index contributed by atoms with van der Waals surface area (Å²) in [5.74, 6) is -1.41. The van der Waals surface area contributed by atoms with E-state index in [0.29, 0.717) is 17.9 Å². The van der Waals surface area contributed by atoms with Gasteiger partial charge in [0.2, 0.25) is 13.4 Å². The number of ether oxygens (including phenoxy) is 2. The molecule has 3 N–H and O–H groups in total. The maximum Gasteiger partial charge on any atom is 0.323 e. The third-order valence-corrected chi connectivity index (χ3v) is 6.74. The van der Waals surface area contributed by atoms with Crippen LogP contribution in [0.3, 0.4) is 0 Å². The van der Waals surface area contributed by atoms with E-state index in [2.05, 4.69) is 10.2 Å². The molecule has 0 aliphatic carbocycles. The number of hydroxylamine groups is 2. The number of methoxy groups -OCH3 is 2. The summed E-state index contributed by atoms with van der Waals surface area (Å²) in [5, 5.41) is 15.4. The molecule has 30 heavy (non-hydrogen) atoms. The molecular weight excluding hydrogens is 413 g/mol. The third kappa shape index (κ3) is 11.1. The summed E-state index contributed by atoms with van der Waals surface area (Å²) in [7, 11) is 0.197. The molecule has 0 fully saturated rings. The maximum absolute atomic E-state index is 13.8. The van der Waals surface area contributed by atoms with Crippen molar-refractivity contribution in [2.45, 2.75) is 65.5 Å². The molecule has 10 nitrogen and oxygen atoms in total. The van der Waals surface area contributed by atoms with Crippen LogP contribution in [-0.2, 0) is 28.4 Å². The van der Waals surface area contributed by atoms with Gasteiger partial charge in [0, 0.05) is 19.6 Å². The van der Waals surface area contributed by atoms with Crippen LogP contribution >= 0.6 is 7.44 Å². The summed E-state index contributed by atoms with van der Waals surface area (Å²) in [6.45, 7) is 7.67. The highest BCUT2D eigenvalue weighted by atomic mass is 31.2. The average Bonchev–Trinajstić information content (AvgIpc) is 2.64. The summed E-state index contributed by atoms with van der Waals surface area (Å²) in [6, 6.07) is -1.69. The first-order valence-electron chi connectivity index (χ1n) is 10.1. The van der Waals surface area contributed by atoms with E-state index in [0.717, 1.165) is 0 Å². The normalized spacial score (nSPS) is 13.8. The zero-order chi connectivity index (χ0) is 23.5.